The minimum absolute atomic E-state index is 0.179. The van der Waals surface area contributed by atoms with E-state index in [1.54, 1.807) is 10.4 Å². The zero-order valence-corrected chi connectivity index (χ0v) is 18.3. The Morgan fingerprint density at radius 1 is 0.862 bits per heavy atom. The number of carbonyl (C=O) groups is 1. The van der Waals surface area contributed by atoms with Crippen molar-refractivity contribution in [2.24, 2.45) is 0 Å². The van der Waals surface area contributed by atoms with Crippen molar-refractivity contribution in [3.05, 3.63) is 29.3 Å². The second-order valence-corrected chi connectivity index (χ2v) is 10.6. The summed E-state index contributed by atoms with van der Waals surface area (Å²) in [7, 11) is -3.47. The van der Waals surface area contributed by atoms with Crippen molar-refractivity contribution in [3.8, 4) is 0 Å². The van der Waals surface area contributed by atoms with Gasteiger partial charge in [-0.15, -0.1) is 0 Å². The van der Waals surface area contributed by atoms with Crippen molar-refractivity contribution in [2.75, 3.05) is 39.3 Å². The minimum Gasteiger partial charge on any atom is -0.341 e. The van der Waals surface area contributed by atoms with Crippen molar-refractivity contribution >= 4 is 15.9 Å². The number of sulfonamides is 1. The highest BCUT2D eigenvalue weighted by Crippen LogP contribution is 2.26. The summed E-state index contributed by atoms with van der Waals surface area (Å²) in [6, 6.07) is 5.48. The molecule has 0 spiro atoms. The van der Waals surface area contributed by atoms with Gasteiger partial charge in [-0.2, -0.15) is 4.31 Å². The number of piperidine rings is 1. The number of nitrogens with zero attached hydrogens (tertiary/aromatic N) is 3. The lowest BCUT2D eigenvalue weighted by Gasteiger charge is -2.39. The van der Waals surface area contributed by atoms with Gasteiger partial charge in [0.1, 0.15) is 0 Å². The molecule has 1 aliphatic carbocycles. The van der Waals surface area contributed by atoms with Gasteiger partial charge < -0.3 is 4.90 Å². The Balaban J connectivity index is 1.39. The lowest BCUT2D eigenvalue weighted by atomic mass is 9.92. The predicted octanol–water partition coefficient (Wildman–Crippen LogP) is 2.27. The van der Waals surface area contributed by atoms with Gasteiger partial charge in [-0.3, -0.25) is 9.69 Å². The minimum atomic E-state index is -3.47. The Morgan fingerprint density at radius 2 is 1.52 bits per heavy atom. The Morgan fingerprint density at radius 3 is 2.21 bits per heavy atom. The fraction of sp³-hybridized carbons (Fsp3) is 0.682. The van der Waals surface area contributed by atoms with Crippen LogP contribution in [-0.4, -0.2) is 73.7 Å². The first-order valence-corrected chi connectivity index (χ1v) is 12.6. The largest absolute Gasteiger partial charge is 0.341 e. The molecule has 160 valence electrons. The number of aryl methyl sites for hydroxylation is 2. The summed E-state index contributed by atoms with van der Waals surface area (Å²) in [5.74, 6) is 0.190. The van der Waals surface area contributed by atoms with Gasteiger partial charge in [0.05, 0.1) is 10.9 Å². The Labute approximate surface area is 174 Å². The van der Waals surface area contributed by atoms with Crippen LogP contribution in [0.3, 0.4) is 0 Å². The molecule has 4 rings (SSSR count). The summed E-state index contributed by atoms with van der Waals surface area (Å²) >= 11 is 0. The first kappa shape index (κ1) is 20.8. The standard InChI is InChI=1S/C22H33N3O3S/c1-18(22(26)24-11-5-2-6-12-24)23-13-15-25(16-14-23)29(27,28)21-10-9-19-7-3-4-8-20(19)17-21/h9-10,17-18H,2-8,11-16H2,1H3. The number of benzene rings is 1. The van der Waals surface area contributed by atoms with E-state index in [0.717, 1.165) is 45.2 Å². The third kappa shape index (κ3) is 4.37. The maximum absolute atomic E-state index is 13.2. The molecule has 0 aromatic heterocycles. The number of hydrogen-bond acceptors (Lipinski definition) is 4. The normalized spacial score (nSPS) is 22.9. The molecule has 7 heteroatoms. The molecule has 29 heavy (non-hydrogen) atoms. The number of likely N-dealkylation sites (tertiary alicyclic amines) is 1. The molecular formula is C22H33N3O3S. The Kier molecular flexibility index (Phi) is 6.27. The molecule has 6 nitrogen and oxygen atoms in total. The van der Waals surface area contributed by atoms with Gasteiger partial charge >= 0.3 is 0 Å². The average Bonchev–Trinajstić information content (AvgIpc) is 2.78. The van der Waals surface area contributed by atoms with Gasteiger partial charge in [0.25, 0.3) is 0 Å². The molecule has 1 atom stereocenters. The zero-order chi connectivity index (χ0) is 20.4. The Hall–Kier alpha value is -1.44. The number of piperazine rings is 1. The average molecular weight is 420 g/mol. The maximum atomic E-state index is 13.2. The molecule has 2 saturated heterocycles. The van der Waals surface area contributed by atoms with E-state index in [1.807, 2.05) is 24.0 Å². The summed E-state index contributed by atoms with van der Waals surface area (Å²) < 4.78 is 27.9. The zero-order valence-electron chi connectivity index (χ0n) is 17.5. The third-order valence-electron chi connectivity index (χ3n) is 6.80. The van der Waals surface area contributed by atoms with Crippen LogP contribution >= 0.6 is 0 Å². The van der Waals surface area contributed by atoms with E-state index in [4.69, 9.17) is 0 Å². The van der Waals surface area contributed by atoms with Gasteiger partial charge in [-0.25, -0.2) is 8.42 Å². The van der Waals surface area contributed by atoms with Crippen LogP contribution in [0.2, 0.25) is 0 Å². The van der Waals surface area contributed by atoms with Crippen LogP contribution in [0, 0.1) is 0 Å². The van der Waals surface area contributed by atoms with Crippen LogP contribution < -0.4 is 0 Å². The SMILES string of the molecule is CC(C(=O)N1CCCCC1)N1CCN(S(=O)(=O)c2ccc3c(c2)CCCC3)CC1. The molecule has 2 aliphatic heterocycles. The first-order chi connectivity index (χ1) is 14.0. The molecule has 1 aromatic carbocycles. The molecule has 1 unspecified atom stereocenters. The summed E-state index contributed by atoms with van der Waals surface area (Å²) in [5.41, 5.74) is 2.49. The van der Waals surface area contributed by atoms with Crippen LogP contribution in [-0.2, 0) is 27.7 Å². The van der Waals surface area contributed by atoms with Crippen molar-refractivity contribution in [1.29, 1.82) is 0 Å². The third-order valence-corrected chi connectivity index (χ3v) is 8.70. The van der Waals surface area contributed by atoms with E-state index in [0.29, 0.717) is 31.1 Å². The fourth-order valence-electron chi connectivity index (χ4n) is 4.89. The molecule has 2 heterocycles. The molecule has 1 amide bonds. The van der Waals surface area contributed by atoms with Crippen LogP contribution in [0.4, 0.5) is 0 Å². The summed E-state index contributed by atoms with van der Waals surface area (Å²) in [6.45, 7) is 5.76. The lowest BCUT2D eigenvalue weighted by molar-refractivity contribution is -0.137. The smallest absolute Gasteiger partial charge is 0.243 e. The number of amides is 1. The van der Waals surface area contributed by atoms with Gasteiger partial charge in [0.2, 0.25) is 15.9 Å². The van der Waals surface area contributed by atoms with Gasteiger partial charge in [0, 0.05) is 39.3 Å². The highest BCUT2D eigenvalue weighted by molar-refractivity contribution is 7.89. The molecule has 0 saturated carbocycles. The van der Waals surface area contributed by atoms with Gasteiger partial charge in [0.15, 0.2) is 0 Å². The molecule has 0 radical (unpaired) electrons. The number of fused-ring (bicyclic) bond motifs is 1. The topological polar surface area (TPSA) is 60.9 Å². The highest BCUT2D eigenvalue weighted by Gasteiger charge is 2.33. The molecule has 1 aromatic rings. The van der Waals surface area contributed by atoms with E-state index in [9.17, 15) is 13.2 Å². The van der Waals surface area contributed by atoms with Gasteiger partial charge in [-0.1, -0.05) is 6.07 Å². The van der Waals surface area contributed by atoms with E-state index in [2.05, 4.69) is 4.90 Å². The van der Waals surface area contributed by atoms with Crippen LogP contribution in [0.25, 0.3) is 0 Å². The van der Waals surface area contributed by atoms with Crippen LogP contribution in [0.1, 0.15) is 50.2 Å². The second kappa shape index (κ2) is 8.74. The van der Waals surface area contributed by atoms with Crippen molar-refractivity contribution in [2.45, 2.75) is 62.8 Å². The quantitative estimate of drug-likeness (QED) is 0.751. The lowest BCUT2D eigenvalue weighted by Crippen LogP contribution is -2.55. The van der Waals surface area contributed by atoms with E-state index in [1.165, 1.54) is 24.0 Å². The first-order valence-electron chi connectivity index (χ1n) is 11.1. The van der Waals surface area contributed by atoms with E-state index in [-0.39, 0.29) is 11.9 Å². The Bertz CT molecular complexity index is 841. The van der Waals surface area contributed by atoms with E-state index >= 15 is 0 Å². The molecule has 3 aliphatic rings. The monoisotopic (exact) mass is 419 g/mol. The van der Waals surface area contributed by atoms with E-state index < -0.39 is 10.0 Å². The second-order valence-electron chi connectivity index (χ2n) is 8.64. The molecule has 0 N–H and O–H groups in total. The molecule has 0 bridgehead atoms. The van der Waals surface area contributed by atoms with Crippen LogP contribution in [0.15, 0.2) is 23.1 Å². The molecular weight excluding hydrogens is 386 g/mol. The maximum Gasteiger partial charge on any atom is 0.243 e. The summed E-state index contributed by atoms with van der Waals surface area (Å²) in [4.78, 5) is 17.3. The van der Waals surface area contributed by atoms with Crippen molar-refractivity contribution in [3.63, 3.8) is 0 Å². The van der Waals surface area contributed by atoms with Crippen molar-refractivity contribution < 1.29 is 13.2 Å². The van der Waals surface area contributed by atoms with Crippen LogP contribution in [0.5, 0.6) is 0 Å². The van der Waals surface area contributed by atoms with Crippen molar-refractivity contribution in [1.82, 2.24) is 14.1 Å². The van der Waals surface area contributed by atoms with Gasteiger partial charge in [-0.05, 0) is 75.1 Å². The summed E-state index contributed by atoms with van der Waals surface area (Å²) in [6.07, 6.45) is 7.74. The number of hydrogen-bond donors (Lipinski definition) is 0. The molecule has 2 fully saturated rings. The number of carbonyl (C=O) groups excluding carboxylic acids is 1. The fourth-order valence-corrected chi connectivity index (χ4v) is 6.36. The number of rotatable bonds is 4. The predicted molar refractivity (Wildman–Crippen MR) is 113 cm³/mol. The highest BCUT2D eigenvalue weighted by atomic mass is 32.2. The summed E-state index contributed by atoms with van der Waals surface area (Å²) in [5, 5.41) is 0.